The third kappa shape index (κ3) is 3.07. The molecule has 162 valence electrons. The number of aryl methyl sites for hydroxylation is 1. The molecular formula is C24H24N5O3+. The SMILES string of the molecule is Cc1c[n+]2c(n1-c1ccccc1OCCc1ccccc1)N=C1C2C(=O)N(C)C(=O)N1C. The Morgan fingerprint density at radius 1 is 1.00 bits per heavy atom. The molecule has 32 heavy (non-hydrogen) atoms. The van der Waals surface area contributed by atoms with Crippen molar-refractivity contribution in [3.63, 3.8) is 0 Å². The van der Waals surface area contributed by atoms with Crippen LogP contribution in [0.25, 0.3) is 5.69 Å². The Bertz CT molecular complexity index is 1250. The maximum absolute atomic E-state index is 12.9. The fourth-order valence-corrected chi connectivity index (χ4v) is 4.25. The van der Waals surface area contributed by atoms with E-state index in [0.717, 1.165) is 28.5 Å². The molecule has 3 heterocycles. The van der Waals surface area contributed by atoms with E-state index in [9.17, 15) is 9.59 Å². The summed E-state index contributed by atoms with van der Waals surface area (Å²) in [6.45, 7) is 2.50. The molecule has 1 fully saturated rings. The van der Waals surface area contributed by atoms with Crippen molar-refractivity contribution in [3.05, 3.63) is 72.1 Å². The van der Waals surface area contributed by atoms with Gasteiger partial charge in [-0.25, -0.2) is 9.36 Å². The molecule has 0 N–H and O–H groups in total. The zero-order valence-corrected chi connectivity index (χ0v) is 18.2. The molecule has 0 saturated carbocycles. The quantitative estimate of drug-likeness (QED) is 0.585. The minimum atomic E-state index is -0.649. The van der Waals surface area contributed by atoms with E-state index in [1.807, 2.05) is 64.7 Å². The van der Waals surface area contributed by atoms with Gasteiger partial charge in [-0.3, -0.25) is 14.6 Å². The molecule has 1 unspecified atom stereocenters. The van der Waals surface area contributed by atoms with Crippen LogP contribution in [0.3, 0.4) is 0 Å². The average Bonchev–Trinajstić information content (AvgIpc) is 3.32. The molecule has 3 amide bonds. The molecule has 8 nitrogen and oxygen atoms in total. The Kier molecular flexibility index (Phi) is 4.77. The van der Waals surface area contributed by atoms with Crippen molar-refractivity contribution in [1.29, 1.82) is 0 Å². The highest BCUT2D eigenvalue weighted by Gasteiger charge is 2.52. The van der Waals surface area contributed by atoms with E-state index in [1.165, 1.54) is 17.5 Å². The van der Waals surface area contributed by atoms with Crippen LogP contribution in [-0.4, -0.2) is 52.8 Å². The van der Waals surface area contributed by atoms with Gasteiger partial charge >= 0.3 is 12.0 Å². The molecule has 8 heteroatoms. The van der Waals surface area contributed by atoms with Crippen molar-refractivity contribution < 1.29 is 18.9 Å². The lowest BCUT2D eigenvalue weighted by molar-refractivity contribution is -0.676. The molecule has 1 aromatic heterocycles. The van der Waals surface area contributed by atoms with Crippen LogP contribution in [0.2, 0.25) is 0 Å². The fourth-order valence-electron chi connectivity index (χ4n) is 4.25. The molecule has 0 spiro atoms. The lowest BCUT2D eigenvalue weighted by atomic mass is 10.2. The third-order valence-corrected chi connectivity index (χ3v) is 5.93. The van der Waals surface area contributed by atoms with E-state index in [1.54, 1.807) is 7.05 Å². The van der Waals surface area contributed by atoms with E-state index in [-0.39, 0.29) is 11.9 Å². The molecule has 0 aliphatic carbocycles. The lowest BCUT2D eigenvalue weighted by Crippen LogP contribution is -2.61. The highest BCUT2D eigenvalue weighted by atomic mass is 16.5. The number of likely N-dealkylation sites (N-methyl/N-ethyl adjacent to an activating group) is 2. The predicted octanol–water partition coefficient (Wildman–Crippen LogP) is 2.80. The summed E-state index contributed by atoms with van der Waals surface area (Å²) in [5, 5.41) is 0. The smallest absolute Gasteiger partial charge is 0.407 e. The molecule has 3 aromatic rings. The molecule has 0 bridgehead atoms. The largest absolute Gasteiger partial charge is 0.490 e. The number of benzene rings is 2. The summed E-state index contributed by atoms with van der Waals surface area (Å²) in [6.07, 6.45) is 2.69. The number of amides is 3. The van der Waals surface area contributed by atoms with E-state index in [0.29, 0.717) is 18.4 Å². The van der Waals surface area contributed by atoms with Crippen LogP contribution in [0.15, 0.2) is 65.8 Å². The van der Waals surface area contributed by atoms with Crippen molar-refractivity contribution >= 4 is 23.7 Å². The molecule has 1 atom stereocenters. The number of carbonyl (C=O) groups excluding carboxylic acids is 2. The minimum absolute atomic E-state index is 0.292. The van der Waals surface area contributed by atoms with Crippen LogP contribution in [-0.2, 0) is 11.2 Å². The van der Waals surface area contributed by atoms with Crippen LogP contribution in [0.5, 0.6) is 5.75 Å². The molecular weight excluding hydrogens is 406 g/mol. The maximum atomic E-state index is 12.9. The second-order valence-electron chi connectivity index (χ2n) is 7.98. The number of carbonyl (C=O) groups is 2. The first-order valence-corrected chi connectivity index (χ1v) is 10.5. The Labute approximate surface area is 186 Å². The van der Waals surface area contributed by atoms with Gasteiger partial charge in [0.05, 0.1) is 6.61 Å². The number of aromatic nitrogens is 2. The van der Waals surface area contributed by atoms with Crippen LogP contribution in [0.1, 0.15) is 17.3 Å². The molecule has 2 aliphatic heterocycles. The second kappa shape index (κ2) is 7.64. The van der Waals surface area contributed by atoms with Gasteiger partial charge in [-0.15, -0.1) is 0 Å². The van der Waals surface area contributed by atoms with E-state index >= 15 is 0 Å². The topological polar surface area (TPSA) is 71.0 Å². The monoisotopic (exact) mass is 430 g/mol. The van der Waals surface area contributed by atoms with Crippen LogP contribution in [0, 0.1) is 6.92 Å². The number of nitrogens with zero attached hydrogens (tertiary/aromatic N) is 5. The predicted molar refractivity (Wildman–Crippen MR) is 118 cm³/mol. The third-order valence-electron chi connectivity index (χ3n) is 5.93. The zero-order valence-electron chi connectivity index (χ0n) is 18.2. The summed E-state index contributed by atoms with van der Waals surface area (Å²) in [4.78, 5) is 32.5. The molecule has 0 radical (unpaired) electrons. The van der Waals surface area contributed by atoms with Gasteiger partial charge in [0.15, 0.2) is 5.75 Å². The van der Waals surface area contributed by atoms with E-state index in [2.05, 4.69) is 12.1 Å². The first kappa shape index (κ1) is 20.0. The number of urea groups is 1. The van der Waals surface area contributed by atoms with E-state index in [4.69, 9.17) is 9.73 Å². The summed E-state index contributed by atoms with van der Waals surface area (Å²) >= 11 is 0. The van der Waals surface area contributed by atoms with Gasteiger partial charge in [0.25, 0.3) is 5.91 Å². The second-order valence-corrected chi connectivity index (χ2v) is 7.98. The molecule has 5 rings (SSSR count). The van der Waals surface area contributed by atoms with Gasteiger partial charge < -0.3 is 4.74 Å². The van der Waals surface area contributed by atoms with Gasteiger partial charge in [-0.1, -0.05) is 47.5 Å². The summed E-state index contributed by atoms with van der Waals surface area (Å²) in [7, 11) is 3.14. The summed E-state index contributed by atoms with van der Waals surface area (Å²) < 4.78 is 9.95. The first-order chi connectivity index (χ1) is 15.5. The van der Waals surface area contributed by atoms with Crippen LogP contribution >= 0.6 is 0 Å². The Hall–Kier alpha value is -3.94. The highest BCUT2D eigenvalue weighted by Crippen LogP contribution is 2.33. The van der Waals surface area contributed by atoms with Gasteiger partial charge in [0, 0.05) is 20.5 Å². The molecule has 2 aromatic carbocycles. The molecule has 2 aliphatic rings. The number of aliphatic imine (C=N–C) groups is 1. The Morgan fingerprint density at radius 3 is 2.50 bits per heavy atom. The Morgan fingerprint density at radius 2 is 1.72 bits per heavy atom. The number of fused-ring (bicyclic) bond motifs is 3. The van der Waals surface area contributed by atoms with Gasteiger partial charge in [0.2, 0.25) is 11.9 Å². The molecule has 1 saturated heterocycles. The number of ether oxygens (including phenoxy) is 1. The van der Waals surface area contributed by atoms with Crippen molar-refractivity contribution in [2.24, 2.45) is 4.99 Å². The number of para-hydroxylation sites is 2. The minimum Gasteiger partial charge on any atom is -0.490 e. The van der Waals surface area contributed by atoms with Crippen molar-refractivity contribution in [1.82, 2.24) is 14.4 Å². The standard InChI is InChI=1S/C24H24N5O3/c1-16-15-28-20-21(26(2)24(31)27(3)22(20)30)25-23(28)29(16)18-11-7-8-12-19(18)32-14-13-17-9-5-4-6-10-17/h4-12,15,20H,13-14H2,1-3H3/q+1. The zero-order chi connectivity index (χ0) is 22.4. The fraction of sp³-hybridized carbons (Fsp3) is 0.250. The number of imide groups is 1. The lowest BCUT2D eigenvalue weighted by Gasteiger charge is -2.30. The number of hydrogen-bond donors (Lipinski definition) is 0. The number of rotatable bonds is 5. The van der Waals surface area contributed by atoms with Gasteiger partial charge in [-0.05, 0) is 24.6 Å². The van der Waals surface area contributed by atoms with Crippen LogP contribution in [0.4, 0.5) is 10.7 Å². The summed E-state index contributed by atoms with van der Waals surface area (Å²) in [6, 6.07) is 16.9. The highest BCUT2D eigenvalue weighted by molar-refractivity contribution is 6.18. The number of amidine groups is 1. The van der Waals surface area contributed by atoms with Gasteiger partial charge in [0.1, 0.15) is 17.6 Å². The Balaban J connectivity index is 1.50. The van der Waals surface area contributed by atoms with Crippen LogP contribution < -0.4 is 9.30 Å². The average molecular weight is 430 g/mol. The first-order valence-electron chi connectivity index (χ1n) is 10.5. The summed E-state index contributed by atoms with van der Waals surface area (Å²) in [5.74, 6) is 1.46. The van der Waals surface area contributed by atoms with Crippen molar-refractivity contribution in [3.8, 4) is 11.4 Å². The maximum Gasteiger partial charge on any atom is 0.407 e. The normalized spacial score (nSPS) is 17.3. The number of hydrogen-bond acceptors (Lipinski definition) is 4. The van der Waals surface area contributed by atoms with E-state index < -0.39 is 6.04 Å². The number of imidazole rings is 1. The van der Waals surface area contributed by atoms with Crippen molar-refractivity contribution in [2.75, 3.05) is 20.7 Å². The van der Waals surface area contributed by atoms with Gasteiger partial charge in [-0.2, -0.15) is 4.57 Å². The van der Waals surface area contributed by atoms with Crippen molar-refractivity contribution in [2.45, 2.75) is 19.4 Å². The summed E-state index contributed by atoms with van der Waals surface area (Å²) in [5.41, 5.74) is 2.96.